The molecule has 3 aromatic heterocycles. The smallest absolute Gasteiger partial charge is 0.386 e. The van der Waals surface area contributed by atoms with Crippen molar-refractivity contribution in [3.8, 4) is 0 Å². The molecule has 0 aliphatic rings. The van der Waals surface area contributed by atoms with Crippen molar-refractivity contribution in [3.05, 3.63) is 70.6 Å². The van der Waals surface area contributed by atoms with E-state index < -0.39 is 35.7 Å². The van der Waals surface area contributed by atoms with Crippen LogP contribution < -0.4 is 11.5 Å². The maximum atomic E-state index is 14.3. The van der Waals surface area contributed by atoms with Crippen molar-refractivity contribution in [2.75, 3.05) is 0 Å². The molecule has 0 spiro atoms. The molecule has 1 atom stereocenters. The maximum Gasteiger partial charge on any atom is 0.491 e. The van der Waals surface area contributed by atoms with Crippen molar-refractivity contribution in [3.63, 3.8) is 0 Å². The van der Waals surface area contributed by atoms with E-state index in [4.69, 9.17) is 11.5 Å². The van der Waals surface area contributed by atoms with Gasteiger partial charge in [0.2, 0.25) is 5.13 Å². The van der Waals surface area contributed by atoms with Gasteiger partial charge in [-0.3, -0.25) is 9.59 Å². The fourth-order valence-electron chi connectivity index (χ4n) is 3.92. The van der Waals surface area contributed by atoms with E-state index in [-0.39, 0.29) is 33.1 Å². The SMILES string of the molecule is Cc1nc(N=C(N)N)sc1C(=O)C(CC(=O)OC(=O)C(F)(F)F)(c1ccc[nH]1)c1cc2ccccc2[nH]1. The van der Waals surface area contributed by atoms with Crippen LogP contribution >= 0.6 is 11.3 Å². The number of guanidine groups is 1. The molecule has 0 amide bonds. The van der Waals surface area contributed by atoms with Crippen LogP contribution in [0.5, 0.6) is 0 Å². The first kappa shape index (κ1) is 25.6. The number of carbonyl (C=O) groups is 3. The predicted octanol–water partition coefficient (Wildman–Crippen LogP) is 3.36. The normalized spacial score (nSPS) is 13.2. The highest BCUT2D eigenvalue weighted by Gasteiger charge is 2.50. The lowest BCUT2D eigenvalue weighted by atomic mass is 9.73. The Morgan fingerprint density at radius 1 is 1.11 bits per heavy atom. The molecule has 3 heterocycles. The summed E-state index contributed by atoms with van der Waals surface area (Å²) in [4.78, 5) is 52.5. The number of hydrogen-bond donors (Lipinski definition) is 4. The summed E-state index contributed by atoms with van der Waals surface area (Å²) in [6, 6.07) is 11.6. The number of aliphatic imine (C=N–C) groups is 1. The van der Waals surface area contributed by atoms with Crippen molar-refractivity contribution in [2.24, 2.45) is 16.5 Å². The zero-order valence-electron chi connectivity index (χ0n) is 19.1. The number of nitrogens with zero attached hydrogens (tertiary/aromatic N) is 2. The molecule has 192 valence electrons. The third kappa shape index (κ3) is 4.95. The van der Waals surface area contributed by atoms with Crippen molar-refractivity contribution in [2.45, 2.75) is 24.9 Å². The highest BCUT2D eigenvalue weighted by molar-refractivity contribution is 7.17. The predicted molar refractivity (Wildman–Crippen MR) is 128 cm³/mol. The third-order valence-electron chi connectivity index (χ3n) is 5.50. The number of halogens is 3. The number of carbonyl (C=O) groups excluding carboxylic acids is 3. The van der Waals surface area contributed by atoms with Crippen LogP contribution in [0.4, 0.5) is 18.3 Å². The fraction of sp³-hybridized carbons (Fsp3) is 0.174. The minimum absolute atomic E-state index is 0.0446. The topological polar surface area (TPSA) is 169 Å². The van der Waals surface area contributed by atoms with Crippen LogP contribution in [-0.2, 0) is 19.7 Å². The number of Topliss-reactive ketones (excluding diaryl/α,β-unsaturated/α-hetero) is 1. The second kappa shape index (κ2) is 9.54. The zero-order chi connectivity index (χ0) is 27.0. The molecule has 6 N–H and O–H groups in total. The number of benzene rings is 1. The van der Waals surface area contributed by atoms with Gasteiger partial charge in [-0.25, -0.2) is 9.78 Å². The second-order valence-corrected chi connectivity index (χ2v) is 8.95. The maximum absolute atomic E-state index is 14.3. The van der Waals surface area contributed by atoms with Crippen LogP contribution in [0.3, 0.4) is 0 Å². The summed E-state index contributed by atoms with van der Waals surface area (Å²) in [5.74, 6) is -5.25. The van der Waals surface area contributed by atoms with Crippen LogP contribution in [-0.4, -0.2) is 44.8 Å². The summed E-state index contributed by atoms with van der Waals surface area (Å²) in [5.41, 5.74) is 10.0. The molecule has 4 rings (SSSR count). The van der Waals surface area contributed by atoms with E-state index in [1.165, 1.54) is 19.2 Å². The molecule has 0 bridgehead atoms. The number of fused-ring (bicyclic) bond motifs is 1. The van der Waals surface area contributed by atoms with E-state index in [1.54, 1.807) is 36.4 Å². The zero-order valence-corrected chi connectivity index (χ0v) is 19.9. The van der Waals surface area contributed by atoms with Gasteiger partial charge in [-0.2, -0.15) is 18.2 Å². The monoisotopic (exact) mass is 532 g/mol. The number of hydrogen-bond acceptors (Lipinski definition) is 7. The lowest BCUT2D eigenvalue weighted by molar-refractivity contribution is -0.202. The number of para-hydroxylation sites is 1. The number of aryl methyl sites for hydroxylation is 1. The Balaban J connectivity index is 1.93. The summed E-state index contributed by atoms with van der Waals surface area (Å²) < 4.78 is 42.5. The number of H-pyrrole nitrogens is 2. The van der Waals surface area contributed by atoms with Gasteiger partial charge in [-0.05, 0) is 36.6 Å². The summed E-state index contributed by atoms with van der Waals surface area (Å²) in [6.45, 7) is 1.52. The van der Waals surface area contributed by atoms with Crippen LogP contribution in [0, 0.1) is 6.92 Å². The van der Waals surface area contributed by atoms with Crippen molar-refractivity contribution in [1.82, 2.24) is 15.0 Å². The highest BCUT2D eigenvalue weighted by atomic mass is 32.1. The number of nitrogens with two attached hydrogens (primary N) is 2. The van der Waals surface area contributed by atoms with E-state index in [0.717, 1.165) is 11.3 Å². The molecule has 4 aromatic rings. The van der Waals surface area contributed by atoms with Crippen LogP contribution in [0.15, 0.2) is 53.7 Å². The Morgan fingerprint density at radius 3 is 2.46 bits per heavy atom. The number of ether oxygens (including phenoxy) is 1. The molecule has 14 heteroatoms. The van der Waals surface area contributed by atoms with Crippen LogP contribution in [0.2, 0.25) is 0 Å². The number of alkyl halides is 3. The molecule has 0 saturated carbocycles. The lowest BCUT2D eigenvalue weighted by Gasteiger charge is -2.30. The van der Waals surface area contributed by atoms with Gasteiger partial charge in [0.25, 0.3) is 0 Å². The van der Waals surface area contributed by atoms with Gasteiger partial charge in [0.05, 0.1) is 17.0 Å². The first-order valence-electron chi connectivity index (χ1n) is 10.6. The van der Waals surface area contributed by atoms with Gasteiger partial charge in [0.1, 0.15) is 5.41 Å². The lowest BCUT2D eigenvalue weighted by Crippen LogP contribution is -2.41. The number of rotatable bonds is 7. The number of aromatic nitrogens is 3. The molecule has 1 aromatic carbocycles. The summed E-state index contributed by atoms with van der Waals surface area (Å²) in [7, 11) is 0. The first-order valence-corrected chi connectivity index (χ1v) is 11.4. The van der Waals surface area contributed by atoms with Crippen molar-refractivity contribution in [1.29, 1.82) is 0 Å². The van der Waals surface area contributed by atoms with E-state index in [9.17, 15) is 27.6 Å². The number of thiazole rings is 1. The minimum atomic E-state index is -5.40. The number of ketones is 1. The molecule has 0 radical (unpaired) electrons. The quantitative estimate of drug-likeness (QED) is 0.0930. The summed E-state index contributed by atoms with van der Waals surface area (Å²) >= 11 is 0.832. The molecule has 0 fully saturated rings. The van der Waals surface area contributed by atoms with Gasteiger partial charge < -0.3 is 26.2 Å². The average molecular weight is 533 g/mol. The molecule has 0 aliphatic heterocycles. The third-order valence-corrected chi connectivity index (χ3v) is 6.55. The fourth-order valence-corrected chi connectivity index (χ4v) is 4.89. The van der Waals surface area contributed by atoms with E-state index in [2.05, 4.69) is 24.7 Å². The molecule has 10 nitrogen and oxygen atoms in total. The molecule has 0 saturated heterocycles. The average Bonchev–Trinajstić information content (AvgIpc) is 3.56. The van der Waals surface area contributed by atoms with E-state index in [0.29, 0.717) is 10.9 Å². The Hall–Kier alpha value is -4.46. The van der Waals surface area contributed by atoms with Gasteiger partial charge in [0, 0.05) is 23.1 Å². The summed E-state index contributed by atoms with van der Waals surface area (Å²) in [5, 5.41) is 0.732. The first-order chi connectivity index (χ1) is 17.4. The van der Waals surface area contributed by atoms with Gasteiger partial charge in [-0.1, -0.05) is 29.5 Å². The minimum Gasteiger partial charge on any atom is -0.386 e. The number of nitrogens with one attached hydrogen (secondary N) is 2. The van der Waals surface area contributed by atoms with Gasteiger partial charge in [-0.15, -0.1) is 0 Å². The Kier molecular flexibility index (Phi) is 6.61. The molecular formula is C23H19F3N6O4S. The molecular weight excluding hydrogens is 513 g/mol. The van der Waals surface area contributed by atoms with E-state index in [1.807, 2.05) is 0 Å². The summed E-state index contributed by atoms with van der Waals surface area (Å²) in [6.07, 6.45) is -4.87. The molecule has 1 unspecified atom stereocenters. The van der Waals surface area contributed by atoms with E-state index >= 15 is 0 Å². The highest BCUT2D eigenvalue weighted by Crippen LogP contribution is 2.42. The van der Waals surface area contributed by atoms with Crippen LogP contribution in [0.1, 0.15) is 33.2 Å². The Labute approximate surface area is 210 Å². The molecule has 0 aliphatic carbocycles. The van der Waals surface area contributed by atoms with Crippen LogP contribution in [0.25, 0.3) is 10.9 Å². The number of esters is 2. The van der Waals surface area contributed by atoms with Crippen molar-refractivity contribution >= 4 is 51.1 Å². The largest absolute Gasteiger partial charge is 0.491 e. The van der Waals surface area contributed by atoms with Gasteiger partial charge >= 0.3 is 18.1 Å². The Morgan fingerprint density at radius 2 is 1.84 bits per heavy atom. The Bertz CT molecular complexity index is 1490. The second-order valence-electron chi connectivity index (χ2n) is 7.97. The standard InChI is InChI=1S/C23H19F3N6O4S/c1-11-17(37-21(30-11)32-20(27)28)18(34)22(14-7-4-8-29-14,10-16(33)36-19(35)23(24,25)26)15-9-12-5-2-3-6-13(12)31-15/h2-9,29,31H,10H2,1H3,(H4,27,28,30,32). The van der Waals surface area contributed by atoms with Crippen molar-refractivity contribution < 1.29 is 32.3 Å². The van der Waals surface area contributed by atoms with Gasteiger partial charge in [0.15, 0.2) is 11.7 Å². The molecule has 37 heavy (non-hydrogen) atoms. The number of aromatic amines is 2.